The first kappa shape index (κ1) is 13.1. The number of aromatic nitrogens is 1. The molecule has 100 valence electrons. The number of H-pyrrole nitrogens is 1. The Balaban J connectivity index is 2.00. The van der Waals surface area contributed by atoms with Crippen LogP contribution in [0.1, 0.15) is 17.7 Å². The van der Waals surface area contributed by atoms with Crippen molar-refractivity contribution in [3.05, 3.63) is 35.5 Å². The molecule has 0 fully saturated rings. The number of aliphatic carboxylic acids is 1. The number of hydrogen-bond donors (Lipinski definition) is 3. The van der Waals surface area contributed by atoms with Crippen LogP contribution in [0.3, 0.4) is 0 Å². The van der Waals surface area contributed by atoms with Gasteiger partial charge >= 0.3 is 5.97 Å². The van der Waals surface area contributed by atoms with Crippen LogP contribution in [0, 0.1) is 6.92 Å². The first-order valence-corrected chi connectivity index (χ1v) is 6.12. The van der Waals surface area contributed by atoms with Gasteiger partial charge in [-0.3, -0.25) is 9.59 Å². The third-order valence-corrected chi connectivity index (χ3v) is 3.04. The molecule has 0 aliphatic rings. The average molecular weight is 260 g/mol. The fourth-order valence-corrected chi connectivity index (χ4v) is 2.18. The molecule has 2 aromatic rings. The van der Waals surface area contributed by atoms with Gasteiger partial charge in [0.15, 0.2) is 0 Å². The number of aromatic amines is 1. The predicted molar refractivity (Wildman–Crippen MR) is 72.0 cm³/mol. The Morgan fingerprint density at radius 3 is 2.79 bits per heavy atom. The molecule has 2 rings (SSSR count). The van der Waals surface area contributed by atoms with Gasteiger partial charge in [0.2, 0.25) is 5.91 Å². The van der Waals surface area contributed by atoms with Crippen molar-refractivity contribution in [2.75, 3.05) is 6.54 Å². The Bertz CT molecular complexity index is 616. The second-order valence-electron chi connectivity index (χ2n) is 4.44. The third-order valence-electron chi connectivity index (χ3n) is 3.04. The van der Waals surface area contributed by atoms with Gasteiger partial charge in [-0.05, 0) is 25.0 Å². The summed E-state index contributed by atoms with van der Waals surface area (Å²) >= 11 is 0. The van der Waals surface area contributed by atoms with Gasteiger partial charge in [-0.15, -0.1) is 0 Å². The Morgan fingerprint density at radius 2 is 2.05 bits per heavy atom. The van der Waals surface area contributed by atoms with Crippen LogP contribution in [0.5, 0.6) is 0 Å². The van der Waals surface area contributed by atoms with Crippen LogP contribution in [0.25, 0.3) is 10.9 Å². The summed E-state index contributed by atoms with van der Waals surface area (Å²) in [6, 6.07) is 7.99. The fraction of sp³-hybridized carbons (Fsp3) is 0.286. The van der Waals surface area contributed by atoms with E-state index in [9.17, 15) is 9.59 Å². The molecule has 1 amide bonds. The van der Waals surface area contributed by atoms with Crippen LogP contribution >= 0.6 is 0 Å². The summed E-state index contributed by atoms with van der Waals surface area (Å²) in [7, 11) is 0. The van der Waals surface area contributed by atoms with E-state index in [1.54, 1.807) is 0 Å². The minimum absolute atomic E-state index is 0.439. The summed E-state index contributed by atoms with van der Waals surface area (Å²) in [5, 5.41) is 12.2. The van der Waals surface area contributed by atoms with E-state index in [4.69, 9.17) is 5.11 Å². The molecule has 0 aliphatic heterocycles. The van der Waals surface area contributed by atoms with E-state index in [0.717, 1.165) is 22.2 Å². The molecule has 0 atom stereocenters. The number of nitrogens with one attached hydrogen (secondary N) is 2. The number of aryl methyl sites for hydroxylation is 1. The number of amides is 1. The Labute approximate surface area is 110 Å². The zero-order chi connectivity index (χ0) is 13.8. The molecular weight excluding hydrogens is 244 g/mol. The molecule has 0 saturated heterocycles. The summed E-state index contributed by atoms with van der Waals surface area (Å²) < 4.78 is 0. The lowest BCUT2D eigenvalue weighted by Gasteiger charge is -2.04. The molecule has 0 unspecified atom stereocenters. The zero-order valence-electron chi connectivity index (χ0n) is 10.7. The highest BCUT2D eigenvalue weighted by Gasteiger charge is 2.09. The van der Waals surface area contributed by atoms with Gasteiger partial charge < -0.3 is 15.4 Å². The number of hydrogen-bond acceptors (Lipinski definition) is 2. The molecule has 3 N–H and O–H groups in total. The van der Waals surface area contributed by atoms with Crippen LogP contribution in [-0.4, -0.2) is 28.5 Å². The number of fused-ring (bicyclic) bond motifs is 1. The van der Waals surface area contributed by atoms with E-state index in [1.807, 2.05) is 31.2 Å². The molecular formula is C14H16N2O3. The molecule has 1 aromatic heterocycles. The Morgan fingerprint density at radius 1 is 1.32 bits per heavy atom. The molecule has 0 aliphatic carbocycles. The standard InChI is InChI=1S/C14H16N2O3/c1-9-10(6-7-15-13(17)8-14(18)19)11-4-2-3-5-12(11)16-9/h2-5,16H,6-8H2,1H3,(H,15,17)(H,18,19). The summed E-state index contributed by atoms with van der Waals surface area (Å²) in [6.45, 7) is 2.43. The van der Waals surface area contributed by atoms with Crippen molar-refractivity contribution in [2.45, 2.75) is 19.8 Å². The number of rotatable bonds is 5. The van der Waals surface area contributed by atoms with Crippen molar-refractivity contribution in [2.24, 2.45) is 0 Å². The van der Waals surface area contributed by atoms with Gasteiger partial charge in [-0.25, -0.2) is 0 Å². The largest absolute Gasteiger partial charge is 0.481 e. The number of para-hydroxylation sites is 1. The van der Waals surface area contributed by atoms with Crippen LogP contribution < -0.4 is 5.32 Å². The van der Waals surface area contributed by atoms with Crippen LogP contribution in [0.15, 0.2) is 24.3 Å². The smallest absolute Gasteiger partial charge is 0.312 e. The maximum atomic E-state index is 11.2. The van der Waals surface area contributed by atoms with Crippen molar-refractivity contribution in [1.82, 2.24) is 10.3 Å². The van der Waals surface area contributed by atoms with Crippen molar-refractivity contribution in [1.29, 1.82) is 0 Å². The molecule has 0 radical (unpaired) electrons. The van der Waals surface area contributed by atoms with Crippen molar-refractivity contribution in [3.63, 3.8) is 0 Å². The molecule has 0 saturated carbocycles. The third kappa shape index (κ3) is 3.13. The van der Waals surface area contributed by atoms with Gasteiger partial charge in [0.1, 0.15) is 6.42 Å². The predicted octanol–water partition coefficient (Wildman–Crippen LogP) is 1.61. The monoisotopic (exact) mass is 260 g/mol. The maximum Gasteiger partial charge on any atom is 0.312 e. The van der Waals surface area contributed by atoms with E-state index in [2.05, 4.69) is 10.3 Å². The molecule has 5 nitrogen and oxygen atoms in total. The highest BCUT2D eigenvalue weighted by molar-refractivity contribution is 5.93. The van der Waals surface area contributed by atoms with Gasteiger partial charge in [-0.1, -0.05) is 18.2 Å². The van der Waals surface area contributed by atoms with E-state index < -0.39 is 18.3 Å². The quantitative estimate of drug-likeness (QED) is 0.714. The first-order valence-electron chi connectivity index (χ1n) is 6.12. The Kier molecular flexibility index (Phi) is 3.85. The second kappa shape index (κ2) is 5.56. The number of carbonyl (C=O) groups is 2. The molecule has 5 heteroatoms. The Hall–Kier alpha value is -2.30. The van der Waals surface area contributed by atoms with E-state index in [-0.39, 0.29) is 0 Å². The average Bonchev–Trinajstić information content (AvgIpc) is 2.65. The number of carbonyl (C=O) groups excluding carboxylic acids is 1. The molecule has 0 spiro atoms. The van der Waals surface area contributed by atoms with Crippen LogP contribution in [-0.2, 0) is 16.0 Å². The molecule has 0 bridgehead atoms. The molecule has 1 heterocycles. The second-order valence-corrected chi connectivity index (χ2v) is 4.44. The summed E-state index contributed by atoms with van der Waals surface area (Å²) in [5.74, 6) is -1.56. The van der Waals surface area contributed by atoms with Crippen LogP contribution in [0.4, 0.5) is 0 Å². The summed E-state index contributed by atoms with van der Waals surface area (Å²) in [4.78, 5) is 24.9. The highest BCUT2D eigenvalue weighted by Crippen LogP contribution is 2.21. The van der Waals surface area contributed by atoms with Gasteiger partial charge in [-0.2, -0.15) is 0 Å². The lowest BCUT2D eigenvalue weighted by atomic mass is 10.1. The van der Waals surface area contributed by atoms with E-state index in [1.165, 1.54) is 0 Å². The minimum Gasteiger partial charge on any atom is -0.481 e. The van der Waals surface area contributed by atoms with Gasteiger partial charge in [0, 0.05) is 23.1 Å². The topological polar surface area (TPSA) is 82.2 Å². The number of benzene rings is 1. The zero-order valence-corrected chi connectivity index (χ0v) is 10.7. The number of carboxylic acid groups (broad SMARTS) is 1. The summed E-state index contributed by atoms with van der Waals surface area (Å²) in [5.41, 5.74) is 3.31. The SMILES string of the molecule is Cc1[nH]c2ccccc2c1CCNC(=O)CC(=O)O. The van der Waals surface area contributed by atoms with Gasteiger partial charge in [0.25, 0.3) is 0 Å². The first-order chi connectivity index (χ1) is 9.08. The van der Waals surface area contributed by atoms with Crippen molar-refractivity contribution >= 4 is 22.8 Å². The lowest BCUT2D eigenvalue weighted by Crippen LogP contribution is -2.27. The maximum absolute atomic E-state index is 11.2. The molecule has 19 heavy (non-hydrogen) atoms. The van der Waals surface area contributed by atoms with Crippen molar-refractivity contribution in [3.8, 4) is 0 Å². The fourth-order valence-electron chi connectivity index (χ4n) is 2.18. The van der Waals surface area contributed by atoms with E-state index in [0.29, 0.717) is 13.0 Å². The van der Waals surface area contributed by atoms with Crippen LogP contribution in [0.2, 0.25) is 0 Å². The molecule has 1 aromatic carbocycles. The van der Waals surface area contributed by atoms with Crippen molar-refractivity contribution < 1.29 is 14.7 Å². The number of carboxylic acids is 1. The summed E-state index contributed by atoms with van der Waals surface area (Å²) in [6.07, 6.45) is 0.202. The van der Waals surface area contributed by atoms with Gasteiger partial charge in [0.05, 0.1) is 0 Å². The normalized spacial score (nSPS) is 10.6. The highest BCUT2D eigenvalue weighted by atomic mass is 16.4. The lowest BCUT2D eigenvalue weighted by molar-refractivity contribution is -0.140. The minimum atomic E-state index is -1.11. The van der Waals surface area contributed by atoms with E-state index >= 15 is 0 Å².